The largest absolute Gasteiger partial charge is 0.392 e. The number of ether oxygens (including phenoxy) is 1. The van der Waals surface area contributed by atoms with Gasteiger partial charge in [0, 0.05) is 10.8 Å². The van der Waals surface area contributed by atoms with Crippen molar-refractivity contribution in [3.8, 4) is 0 Å². The van der Waals surface area contributed by atoms with Crippen LogP contribution in [-0.2, 0) is 14.3 Å². The van der Waals surface area contributed by atoms with E-state index in [1.165, 1.54) is 11.8 Å². The Hall–Kier alpha value is -1.66. The van der Waals surface area contributed by atoms with Crippen molar-refractivity contribution in [3.05, 3.63) is 35.9 Å². The van der Waals surface area contributed by atoms with Crippen molar-refractivity contribution < 1.29 is 19.1 Å². The van der Waals surface area contributed by atoms with E-state index in [-0.39, 0.29) is 16.4 Å². The fourth-order valence-electron chi connectivity index (χ4n) is 3.49. The number of rotatable bonds is 4. The second-order valence-corrected chi connectivity index (χ2v) is 8.10. The van der Waals surface area contributed by atoms with Gasteiger partial charge in [-0.05, 0) is 39.2 Å². The van der Waals surface area contributed by atoms with E-state index in [4.69, 9.17) is 4.74 Å². The van der Waals surface area contributed by atoms with Crippen molar-refractivity contribution in [3.63, 3.8) is 0 Å². The fraction of sp³-hybridized carbons (Fsp3) is 0.526. The third-order valence-electron chi connectivity index (χ3n) is 5.14. The van der Waals surface area contributed by atoms with Gasteiger partial charge in [0.1, 0.15) is 6.04 Å². The number of nitrogens with one attached hydrogen (secondary N) is 1. The Morgan fingerprint density at radius 3 is 2.60 bits per heavy atom. The first-order chi connectivity index (χ1) is 12.0. The molecule has 5 nitrogen and oxygen atoms in total. The van der Waals surface area contributed by atoms with Gasteiger partial charge < -0.3 is 10.1 Å². The highest BCUT2D eigenvalue weighted by molar-refractivity contribution is 8.14. The first-order valence-corrected chi connectivity index (χ1v) is 9.64. The molecule has 25 heavy (non-hydrogen) atoms. The quantitative estimate of drug-likeness (QED) is 0.657. The summed E-state index contributed by atoms with van der Waals surface area (Å²) in [6.07, 6.45) is 3.87. The highest BCUT2D eigenvalue weighted by atomic mass is 32.2. The minimum Gasteiger partial charge on any atom is -0.392 e. The summed E-state index contributed by atoms with van der Waals surface area (Å²) >= 11 is 1.19. The molecule has 1 saturated heterocycles. The predicted octanol–water partition coefficient (Wildman–Crippen LogP) is 2.94. The van der Waals surface area contributed by atoms with E-state index in [1.807, 2.05) is 25.1 Å². The molecule has 0 radical (unpaired) electrons. The lowest BCUT2D eigenvalue weighted by atomic mass is 9.88. The molecule has 1 aliphatic heterocycles. The number of hydrogen-bond acceptors (Lipinski definition) is 6. The monoisotopic (exact) mass is 361 g/mol. The molecule has 1 N–H and O–H groups in total. The first-order valence-electron chi connectivity index (χ1n) is 8.76. The molecule has 6 heteroatoms. The Kier molecular flexibility index (Phi) is 5.59. The Morgan fingerprint density at radius 2 is 1.92 bits per heavy atom. The van der Waals surface area contributed by atoms with Crippen LogP contribution in [0.25, 0.3) is 0 Å². The van der Waals surface area contributed by atoms with E-state index in [1.54, 1.807) is 12.1 Å². The molecule has 1 heterocycles. The Labute approximate surface area is 151 Å². The molecule has 0 spiro atoms. The van der Waals surface area contributed by atoms with Crippen LogP contribution in [-0.4, -0.2) is 34.9 Å². The van der Waals surface area contributed by atoms with Crippen LogP contribution in [0.1, 0.15) is 49.4 Å². The van der Waals surface area contributed by atoms with Gasteiger partial charge in [0.25, 0.3) is 0 Å². The molecule has 3 rings (SSSR count). The zero-order valence-electron chi connectivity index (χ0n) is 14.3. The average molecular weight is 361 g/mol. The molecule has 2 fully saturated rings. The number of carbonyl (C=O) groups is 3. The predicted molar refractivity (Wildman–Crippen MR) is 96.2 cm³/mol. The number of thioether (sulfide) groups is 1. The van der Waals surface area contributed by atoms with Crippen LogP contribution in [0.15, 0.2) is 30.3 Å². The van der Waals surface area contributed by atoms with Crippen LogP contribution in [0.5, 0.6) is 0 Å². The SMILES string of the molecule is CC1(C(=O)OC(=O)[C@@H]2CCCN2)CCCC1SC(=O)c1ccccc1. The summed E-state index contributed by atoms with van der Waals surface area (Å²) in [7, 11) is 0. The van der Waals surface area contributed by atoms with E-state index in [9.17, 15) is 14.4 Å². The minimum absolute atomic E-state index is 0.0460. The zero-order valence-corrected chi connectivity index (χ0v) is 15.1. The number of carbonyl (C=O) groups excluding carboxylic acids is 3. The Bertz CT molecular complexity index is 657. The summed E-state index contributed by atoms with van der Waals surface area (Å²) in [5, 5.41) is 2.83. The van der Waals surface area contributed by atoms with E-state index in [2.05, 4.69) is 5.32 Å². The maximum absolute atomic E-state index is 12.7. The molecule has 1 saturated carbocycles. The summed E-state index contributed by atoms with van der Waals surface area (Å²) < 4.78 is 5.17. The topological polar surface area (TPSA) is 72.5 Å². The highest BCUT2D eigenvalue weighted by Gasteiger charge is 2.48. The van der Waals surface area contributed by atoms with Crippen LogP contribution >= 0.6 is 11.8 Å². The Balaban J connectivity index is 1.65. The molecule has 0 amide bonds. The second kappa shape index (κ2) is 7.70. The molecule has 3 atom stereocenters. The standard InChI is InChI=1S/C19H23NO4S/c1-19(18(23)24-16(21)14-9-6-12-20-14)11-5-10-15(19)25-17(22)13-7-3-2-4-8-13/h2-4,7-8,14-15,20H,5-6,9-12H2,1H3/t14-,15?,19?/m0/s1. The zero-order chi connectivity index (χ0) is 17.9. The van der Waals surface area contributed by atoms with E-state index >= 15 is 0 Å². The van der Waals surface area contributed by atoms with Gasteiger partial charge in [-0.2, -0.15) is 0 Å². The van der Waals surface area contributed by atoms with E-state index in [0.29, 0.717) is 18.4 Å². The van der Waals surface area contributed by atoms with Crippen LogP contribution in [0, 0.1) is 5.41 Å². The maximum Gasteiger partial charge on any atom is 0.330 e. The van der Waals surface area contributed by atoms with Crippen molar-refractivity contribution in [2.45, 2.75) is 50.3 Å². The average Bonchev–Trinajstić information content (AvgIpc) is 3.27. The summed E-state index contributed by atoms with van der Waals surface area (Å²) in [5.41, 5.74) is -0.176. The summed E-state index contributed by atoms with van der Waals surface area (Å²) in [4.78, 5) is 37.3. The van der Waals surface area contributed by atoms with Gasteiger partial charge >= 0.3 is 11.9 Å². The third-order valence-corrected chi connectivity index (χ3v) is 6.63. The normalized spacial score (nSPS) is 28.7. The molecular formula is C19H23NO4S. The molecule has 2 unspecified atom stereocenters. The lowest BCUT2D eigenvalue weighted by Gasteiger charge is -2.28. The van der Waals surface area contributed by atoms with Crippen LogP contribution in [0.4, 0.5) is 0 Å². The van der Waals surface area contributed by atoms with Crippen LogP contribution in [0.2, 0.25) is 0 Å². The second-order valence-electron chi connectivity index (χ2n) is 6.93. The van der Waals surface area contributed by atoms with Crippen molar-refractivity contribution >= 4 is 28.8 Å². The third kappa shape index (κ3) is 3.96. The van der Waals surface area contributed by atoms with Crippen molar-refractivity contribution in [2.24, 2.45) is 5.41 Å². The lowest BCUT2D eigenvalue weighted by molar-refractivity contribution is -0.167. The lowest BCUT2D eigenvalue weighted by Crippen LogP contribution is -2.41. The number of esters is 2. The van der Waals surface area contributed by atoms with Gasteiger partial charge in [-0.3, -0.25) is 9.59 Å². The van der Waals surface area contributed by atoms with Gasteiger partial charge in [-0.25, -0.2) is 4.79 Å². The van der Waals surface area contributed by atoms with Crippen molar-refractivity contribution in [1.29, 1.82) is 0 Å². The summed E-state index contributed by atoms with van der Waals surface area (Å²) in [5.74, 6) is -0.990. The van der Waals surface area contributed by atoms with Gasteiger partial charge in [-0.15, -0.1) is 0 Å². The van der Waals surface area contributed by atoms with Gasteiger partial charge in [0.05, 0.1) is 5.41 Å². The Morgan fingerprint density at radius 1 is 1.16 bits per heavy atom. The fourth-order valence-corrected chi connectivity index (χ4v) is 4.78. The summed E-state index contributed by atoms with van der Waals surface area (Å²) in [6.45, 7) is 2.59. The van der Waals surface area contributed by atoms with Crippen LogP contribution in [0.3, 0.4) is 0 Å². The van der Waals surface area contributed by atoms with Crippen LogP contribution < -0.4 is 5.32 Å². The van der Waals surface area contributed by atoms with Gasteiger partial charge in [0.15, 0.2) is 0 Å². The molecule has 1 aromatic carbocycles. The maximum atomic E-state index is 12.7. The highest BCUT2D eigenvalue weighted by Crippen LogP contribution is 2.46. The van der Waals surface area contributed by atoms with E-state index < -0.39 is 17.4 Å². The molecular weight excluding hydrogens is 338 g/mol. The number of benzene rings is 1. The molecule has 2 aliphatic rings. The van der Waals surface area contributed by atoms with E-state index in [0.717, 1.165) is 25.8 Å². The molecule has 0 aromatic heterocycles. The smallest absolute Gasteiger partial charge is 0.330 e. The van der Waals surface area contributed by atoms with Gasteiger partial charge in [-0.1, -0.05) is 48.5 Å². The first kappa shape index (κ1) is 18.1. The summed E-state index contributed by atoms with van der Waals surface area (Å²) in [6, 6.07) is 8.67. The van der Waals surface area contributed by atoms with Gasteiger partial charge in [0.2, 0.25) is 5.12 Å². The number of hydrogen-bond donors (Lipinski definition) is 1. The molecule has 1 aliphatic carbocycles. The molecule has 0 bridgehead atoms. The van der Waals surface area contributed by atoms with Crippen molar-refractivity contribution in [1.82, 2.24) is 5.32 Å². The molecule has 134 valence electrons. The van der Waals surface area contributed by atoms with Crippen molar-refractivity contribution in [2.75, 3.05) is 6.54 Å². The molecule has 1 aromatic rings. The minimum atomic E-state index is -0.802.